The second-order valence-electron chi connectivity index (χ2n) is 4.41. The fraction of sp³-hybridized carbons (Fsp3) is 0.0714. The van der Waals surface area contributed by atoms with Gasteiger partial charge in [-0.25, -0.2) is 9.78 Å². The number of hydrogen-bond donors (Lipinski definition) is 2. The van der Waals surface area contributed by atoms with E-state index in [9.17, 15) is 4.79 Å². The van der Waals surface area contributed by atoms with Crippen molar-refractivity contribution < 1.29 is 0 Å². The monoisotopic (exact) mass is 301 g/mol. The normalized spacial score (nSPS) is 10.5. The molecular formula is C14H12ClN5O. The summed E-state index contributed by atoms with van der Waals surface area (Å²) in [6.45, 7) is 0.498. The molecule has 0 fully saturated rings. The molecule has 0 aliphatic carbocycles. The summed E-state index contributed by atoms with van der Waals surface area (Å²) in [5.74, 6) is 0. The van der Waals surface area contributed by atoms with Gasteiger partial charge in [0, 0.05) is 18.3 Å². The quantitative estimate of drug-likeness (QED) is 0.775. The standard InChI is InChI=1S/C14H12ClN5O/c15-13-12(8-17-19-14(13)21)16-6-10-7-18-20(9-10)11-4-2-1-3-5-11/h1-5,7-9H,6H2,(H2,16,19,21). The summed E-state index contributed by atoms with van der Waals surface area (Å²) in [7, 11) is 0. The second-order valence-corrected chi connectivity index (χ2v) is 4.79. The number of halogens is 1. The predicted octanol–water partition coefficient (Wildman–Crippen LogP) is 2.22. The third-order valence-corrected chi connectivity index (χ3v) is 3.31. The van der Waals surface area contributed by atoms with E-state index in [1.54, 1.807) is 10.9 Å². The Hall–Kier alpha value is -2.60. The highest BCUT2D eigenvalue weighted by Gasteiger charge is 2.05. The molecule has 0 atom stereocenters. The van der Waals surface area contributed by atoms with Gasteiger partial charge in [-0.15, -0.1) is 0 Å². The zero-order chi connectivity index (χ0) is 14.7. The average molecular weight is 302 g/mol. The van der Waals surface area contributed by atoms with Crippen LogP contribution in [0.3, 0.4) is 0 Å². The van der Waals surface area contributed by atoms with Crippen LogP contribution < -0.4 is 10.9 Å². The zero-order valence-electron chi connectivity index (χ0n) is 11.0. The van der Waals surface area contributed by atoms with E-state index in [0.717, 1.165) is 11.3 Å². The van der Waals surface area contributed by atoms with Crippen molar-refractivity contribution >= 4 is 17.3 Å². The largest absolute Gasteiger partial charge is 0.378 e. The van der Waals surface area contributed by atoms with Crippen LogP contribution in [0.4, 0.5) is 5.69 Å². The van der Waals surface area contributed by atoms with E-state index in [2.05, 4.69) is 20.6 Å². The third-order valence-electron chi connectivity index (χ3n) is 2.94. The van der Waals surface area contributed by atoms with Crippen molar-refractivity contribution in [1.82, 2.24) is 20.0 Å². The van der Waals surface area contributed by atoms with Crippen molar-refractivity contribution in [3.05, 3.63) is 69.9 Å². The van der Waals surface area contributed by atoms with Crippen LogP contribution in [0.1, 0.15) is 5.56 Å². The number of para-hydroxylation sites is 1. The Labute approximate surface area is 125 Å². The molecule has 0 aliphatic heterocycles. The van der Waals surface area contributed by atoms with E-state index in [0.29, 0.717) is 12.2 Å². The van der Waals surface area contributed by atoms with Gasteiger partial charge in [-0.1, -0.05) is 29.8 Å². The first kappa shape index (κ1) is 13.4. The highest BCUT2D eigenvalue weighted by molar-refractivity contribution is 6.32. The number of rotatable bonds is 4. The van der Waals surface area contributed by atoms with Gasteiger partial charge in [0.05, 0.1) is 23.8 Å². The van der Waals surface area contributed by atoms with Gasteiger partial charge < -0.3 is 5.32 Å². The molecule has 3 aromatic rings. The first-order valence-electron chi connectivity index (χ1n) is 6.30. The molecule has 2 aromatic heterocycles. The number of aromatic amines is 1. The molecule has 3 rings (SSSR count). The van der Waals surface area contributed by atoms with Crippen LogP contribution in [0.2, 0.25) is 5.02 Å². The van der Waals surface area contributed by atoms with Gasteiger partial charge in [-0.3, -0.25) is 4.79 Å². The van der Waals surface area contributed by atoms with E-state index < -0.39 is 5.56 Å². The topological polar surface area (TPSA) is 75.6 Å². The second kappa shape index (κ2) is 5.80. The van der Waals surface area contributed by atoms with Crippen LogP contribution in [-0.2, 0) is 6.54 Å². The number of nitrogens with zero attached hydrogens (tertiary/aromatic N) is 3. The van der Waals surface area contributed by atoms with Crippen molar-refractivity contribution in [2.75, 3.05) is 5.32 Å². The third kappa shape index (κ3) is 2.95. The highest BCUT2D eigenvalue weighted by Crippen LogP contribution is 2.16. The van der Waals surface area contributed by atoms with Crippen molar-refractivity contribution in [3.8, 4) is 5.69 Å². The fourth-order valence-corrected chi connectivity index (χ4v) is 2.04. The summed E-state index contributed by atoms with van der Waals surface area (Å²) in [6, 6.07) is 9.81. The van der Waals surface area contributed by atoms with Crippen molar-refractivity contribution in [1.29, 1.82) is 0 Å². The average Bonchev–Trinajstić information content (AvgIpc) is 2.99. The molecule has 0 bridgehead atoms. The van der Waals surface area contributed by atoms with Gasteiger partial charge in [0.1, 0.15) is 5.02 Å². The summed E-state index contributed by atoms with van der Waals surface area (Å²) >= 11 is 5.89. The van der Waals surface area contributed by atoms with Gasteiger partial charge in [-0.2, -0.15) is 10.2 Å². The van der Waals surface area contributed by atoms with Gasteiger partial charge in [0.25, 0.3) is 5.56 Å². The molecule has 0 unspecified atom stereocenters. The summed E-state index contributed by atoms with van der Waals surface area (Å²) in [5, 5.41) is 13.4. The summed E-state index contributed by atoms with van der Waals surface area (Å²) < 4.78 is 1.79. The number of anilines is 1. The number of hydrogen-bond acceptors (Lipinski definition) is 4. The minimum Gasteiger partial charge on any atom is -0.378 e. The molecule has 0 radical (unpaired) electrons. The van der Waals surface area contributed by atoms with E-state index >= 15 is 0 Å². The van der Waals surface area contributed by atoms with Crippen LogP contribution in [-0.4, -0.2) is 20.0 Å². The molecule has 0 amide bonds. The molecule has 2 heterocycles. The van der Waals surface area contributed by atoms with E-state index in [4.69, 9.17) is 11.6 Å². The van der Waals surface area contributed by atoms with E-state index in [-0.39, 0.29) is 5.02 Å². The van der Waals surface area contributed by atoms with Gasteiger partial charge in [0.15, 0.2) is 0 Å². The Bertz CT molecular complexity index is 796. The van der Waals surface area contributed by atoms with Gasteiger partial charge in [-0.05, 0) is 12.1 Å². The maximum Gasteiger partial charge on any atom is 0.285 e. The Balaban J connectivity index is 1.74. The van der Waals surface area contributed by atoms with Crippen LogP contribution in [0, 0.1) is 0 Å². The Morgan fingerprint density at radius 3 is 2.86 bits per heavy atom. The molecule has 2 N–H and O–H groups in total. The van der Waals surface area contributed by atoms with Crippen LogP contribution in [0.5, 0.6) is 0 Å². The van der Waals surface area contributed by atoms with Gasteiger partial charge >= 0.3 is 0 Å². The molecule has 7 heteroatoms. The number of H-pyrrole nitrogens is 1. The Morgan fingerprint density at radius 1 is 1.24 bits per heavy atom. The van der Waals surface area contributed by atoms with Crippen molar-refractivity contribution in [2.45, 2.75) is 6.54 Å². The van der Waals surface area contributed by atoms with Crippen LogP contribution in [0.15, 0.2) is 53.7 Å². The fourth-order valence-electron chi connectivity index (χ4n) is 1.88. The zero-order valence-corrected chi connectivity index (χ0v) is 11.7. The summed E-state index contributed by atoms with van der Waals surface area (Å²) in [4.78, 5) is 11.3. The lowest BCUT2D eigenvalue weighted by Crippen LogP contribution is -2.11. The van der Waals surface area contributed by atoms with Crippen molar-refractivity contribution in [2.24, 2.45) is 0 Å². The lowest BCUT2D eigenvalue weighted by molar-refractivity contribution is 0.880. The van der Waals surface area contributed by atoms with Gasteiger partial charge in [0.2, 0.25) is 0 Å². The van der Waals surface area contributed by atoms with E-state index in [1.807, 2.05) is 36.5 Å². The highest BCUT2D eigenvalue weighted by atomic mass is 35.5. The molecular weight excluding hydrogens is 290 g/mol. The lowest BCUT2D eigenvalue weighted by atomic mass is 10.3. The Kier molecular flexibility index (Phi) is 3.70. The smallest absolute Gasteiger partial charge is 0.285 e. The molecule has 0 saturated heterocycles. The first-order valence-corrected chi connectivity index (χ1v) is 6.68. The van der Waals surface area contributed by atoms with Crippen LogP contribution in [0.25, 0.3) is 5.69 Å². The molecule has 106 valence electrons. The van der Waals surface area contributed by atoms with Crippen LogP contribution >= 0.6 is 11.6 Å². The molecule has 0 aliphatic rings. The minimum absolute atomic E-state index is 0.0976. The van der Waals surface area contributed by atoms with E-state index in [1.165, 1.54) is 6.20 Å². The first-order chi connectivity index (χ1) is 10.2. The summed E-state index contributed by atoms with van der Waals surface area (Å²) in [6.07, 6.45) is 5.15. The predicted molar refractivity (Wildman–Crippen MR) is 80.8 cm³/mol. The molecule has 21 heavy (non-hydrogen) atoms. The number of aromatic nitrogens is 4. The minimum atomic E-state index is -0.415. The number of benzene rings is 1. The number of nitrogens with one attached hydrogen (secondary N) is 2. The molecule has 0 saturated carbocycles. The Morgan fingerprint density at radius 2 is 2.05 bits per heavy atom. The molecule has 1 aromatic carbocycles. The van der Waals surface area contributed by atoms with Crippen molar-refractivity contribution in [3.63, 3.8) is 0 Å². The maximum absolute atomic E-state index is 11.3. The lowest BCUT2D eigenvalue weighted by Gasteiger charge is -2.05. The molecule has 6 nitrogen and oxygen atoms in total. The maximum atomic E-state index is 11.3. The molecule has 0 spiro atoms. The summed E-state index contributed by atoms with van der Waals surface area (Å²) in [5.41, 5.74) is 2.03. The SMILES string of the molecule is O=c1[nH]ncc(NCc2cnn(-c3ccccc3)c2)c1Cl.